The van der Waals surface area contributed by atoms with Crippen LogP contribution in [0.25, 0.3) is 16.7 Å². The first-order valence-corrected chi connectivity index (χ1v) is 11.1. The van der Waals surface area contributed by atoms with Gasteiger partial charge in [-0.15, -0.1) is 0 Å². The maximum absolute atomic E-state index is 13.3. The molecule has 8 heteroatoms. The van der Waals surface area contributed by atoms with Gasteiger partial charge in [0.15, 0.2) is 5.49 Å². The fraction of sp³-hybridized carbons (Fsp3) is 0.458. The van der Waals surface area contributed by atoms with Crippen LogP contribution in [-0.4, -0.2) is 32.4 Å². The van der Waals surface area contributed by atoms with Crippen molar-refractivity contribution in [1.29, 1.82) is 0 Å². The number of hydrogen-bond acceptors (Lipinski definition) is 5. The number of rotatable bonds is 7. The summed E-state index contributed by atoms with van der Waals surface area (Å²) < 4.78 is 8.39. The first kappa shape index (κ1) is 23.4. The predicted molar refractivity (Wildman–Crippen MR) is 122 cm³/mol. The van der Waals surface area contributed by atoms with Crippen molar-refractivity contribution >= 4 is 28.6 Å². The molecule has 0 saturated carbocycles. The minimum Gasteiger partial charge on any atom is -0.462 e. The number of aromatic nitrogens is 3. The van der Waals surface area contributed by atoms with Crippen LogP contribution >= 0.6 is 0 Å². The van der Waals surface area contributed by atoms with Crippen LogP contribution in [0.1, 0.15) is 57.8 Å². The monoisotopic (exact) mass is 438 g/mol. The highest BCUT2D eigenvalue weighted by atomic mass is 16.5. The molecule has 3 aromatic rings. The van der Waals surface area contributed by atoms with E-state index in [1.54, 1.807) is 35.9 Å². The third-order valence-electron chi connectivity index (χ3n) is 5.38. The Kier molecular flexibility index (Phi) is 7.22. The van der Waals surface area contributed by atoms with Crippen LogP contribution in [0.15, 0.2) is 40.2 Å². The zero-order chi connectivity index (χ0) is 23.4. The molecule has 0 aliphatic heterocycles. The number of pyridine rings is 2. The van der Waals surface area contributed by atoms with Crippen molar-refractivity contribution in [3.05, 3.63) is 51.9 Å². The van der Waals surface area contributed by atoms with E-state index in [2.05, 4.69) is 4.99 Å². The molecule has 8 nitrogen and oxygen atoms in total. The Morgan fingerprint density at radius 3 is 2.50 bits per heavy atom. The number of esters is 1. The van der Waals surface area contributed by atoms with Crippen molar-refractivity contribution in [1.82, 2.24) is 14.0 Å². The maximum Gasteiger partial charge on any atom is 0.341 e. The van der Waals surface area contributed by atoms with Gasteiger partial charge in [0.25, 0.3) is 11.5 Å². The third kappa shape index (κ3) is 4.49. The van der Waals surface area contributed by atoms with Gasteiger partial charge in [0.05, 0.1) is 12.0 Å². The first-order valence-electron chi connectivity index (χ1n) is 11.1. The van der Waals surface area contributed by atoms with Crippen molar-refractivity contribution < 1.29 is 14.3 Å². The summed E-state index contributed by atoms with van der Waals surface area (Å²) in [6, 6.07) is 6.74. The van der Waals surface area contributed by atoms with Crippen LogP contribution in [0.3, 0.4) is 0 Å². The minimum absolute atomic E-state index is 0.0917. The van der Waals surface area contributed by atoms with Gasteiger partial charge >= 0.3 is 5.97 Å². The Morgan fingerprint density at radius 1 is 1.16 bits per heavy atom. The Labute approximate surface area is 186 Å². The summed E-state index contributed by atoms with van der Waals surface area (Å²) in [5, 5.41) is 0.270. The largest absolute Gasteiger partial charge is 0.462 e. The van der Waals surface area contributed by atoms with Crippen LogP contribution in [0.5, 0.6) is 0 Å². The highest BCUT2D eigenvalue weighted by Gasteiger charge is 2.22. The lowest BCUT2D eigenvalue weighted by Crippen LogP contribution is -2.34. The molecule has 170 valence electrons. The molecule has 1 amide bonds. The topological polar surface area (TPSA) is 95.0 Å². The van der Waals surface area contributed by atoms with Gasteiger partial charge in [-0.25, -0.2) is 9.78 Å². The van der Waals surface area contributed by atoms with Gasteiger partial charge in [-0.05, 0) is 43.9 Å². The Bertz CT molecular complexity index is 1280. The normalized spacial score (nSPS) is 12.3. The number of ether oxygens (including phenoxy) is 1. The molecule has 32 heavy (non-hydrogen) atoms. The van der Waals surface area contributed by atoms with Crippen LogP contribution in [0, 0.1) is 11.8 Å². The summed E-state index contributed by atoms with van der Waals surface area (Å²) in [5.41, 5.74) is 0.844. The van der Waals surface area contributed by atoms with Crippen LogP contribution in [-0.2, 0) is 16.1 Å². The molecule has 0 fully saturated rings. The van der Waals surface area contributed by atoms with Gasteiger partial charge in [0.1, 0.15) is 16.9 Å². The predicted octanol–water partition coefficient (Wildman–Crippen LogP) is 3.35. The lowest BCUT2D eigenvalue weighted by Gasteiger charge is -2.17. The summed E-state index contributed by atoms with van der Waals surface area (Å²) in [6.07, 6.45) is 2.93. The molecule has 0 aliphatic carbocycles. The lowest BCUT2D eigenvalue weighted by molar-refractivity contribution is -0.122. The van der Waals surface area contributed by atoms with Crippen molar-refractivity contribution in [2.45, 2.75) is 54.0 Å². The van der Waals surface area contributed by atoms with E-state index in [0.717, 1.165) is 0 Å². The van der Waals surface area contributed by atoms with E-state index in [1.807, 2.05) is 27.7 Å². The molecule has 3 heterocycles. The van der Waals surface area contributed by atoms with Gasteiger partial charge in [0, 0.05) is 18.7 Å². The second kappa shape index (κ2) is 9.89. The molecular formula is C24H30N4O4. The molecule has 0 radical (unpaired) electrons. The Morgan fingerprint density at radius 2 is 1.88 bits per heavy atom. The number of nitrogens with zero attached hydrogens (tertiary/aromatic N) is 4. The molecule has 0 unspecified atom stereocenters. The Balaban J connectivity index is 2.50. The molecule has 3 aromatic heterocycles. The second-order valence-electron chi connectivity index (χ2n) is 8.15. The van der Waals surface area contributed by atoms with Gasteiger partial charge in [-0.3, -0.25) is 14.0 Å². The van der Waals surface area contributed by atoms with E-state index < -0.39 is 5.97 Å². The second-order valence-corrected chi connectivity index (χ2v) is 8.15. The van der Waals surface area contributed by atoms with E-state index >= 15 is 0 Å². The van der Waals surface area contributed by atoms with Crippen molar-refractivity contribution in [3.63, 3.8) is 0 Å². The number of amides is 1. The summed E-state index contributed by atoms with van der Waals surface area (Å²) >= 11 is 0. The van der Waals surface area contributed by atoms with Crippen molar-refractivity contribution in [2.75, 3.05) is 6.61 Å². The molecule has 0 aliphatic rings. The summed E-state index contributed by atoms with van der Waals surface area (Å²) in [4.78, 5) is 48.2. The average molecular weight is 439 g/mol. The SMILES string of the molecule is CCOC(=O)c1cc2c(=O)n3ccccc3nc2n(CC(C)C)c1=NC(=O)C(CC)CC. The van der Waals surface area contributed by atoms with E-state index in [1.165, 1.54) is 10.5 Å². The highest BCUT2D eigenvalue weighted by molar-refractivity contribution is 5.93. The van der Waals surface area contributed by atoms with E-state index in [-0.39, 0.29) is 46.3 Å². The van der Waals surface area contributed by atoms with Gasteiger partial charge in [-0.2, -0.15) is 4.99 Å². The van der Waals surface area contributed by atoms with Crippen LogP contribution in [0.2, 0.25) is 0 Å². The third-order valence-corrected chi connectivity index (χ3v) is 5.38. The summed E-state index contributed by atoms with van der Waals surface area (Å²) in [7, 11) is 0. The smallest absolute Gasteiger partial charge is 0.341 e. The minimum atomic E-state index is -0.624. The summed E-state index contributed by atoms with van der Waals surface area (Å²) in [5.74, 6) is -1.02. The number of carbonyl (C=O) groups is 2. The zero-order valence-corrected chi connectivity index (χ0v) is 19.3. The fourth-order valence-corrected chi connectivity index (χ4v) is 3.73. The summed E-state index contributed by atoms with van der Waals surface area (Å²) in [6.45, 7) is 10.2. The van der Waals surface area contributed by atoms with Crippen molar-refractivity contribution in [3.8, 4) is 0 Å². The quantitative estimate of drug-likeness (QED) is 0.416. The average Bonchev–Trinajstić information content (AvgIpc) is 2.76. The number of fused-ring (bicyclic) bond motifs is 2. The molecule has 0 aromatic carbocycles. The van der Waals surface area contributed by atoms with Crippen LogP contribution < -0.4 is 11.0 Å². The van der Waals surface area contributed by atoms with E-state index in [0.29, 0.717) is 30.7 Å². The molecule has 0 saturated heterocycles. The van der Waals surface area contributed by atoms with Gasteiger partial charge in [0.2, 0.25) is 0 Å². The number of hydrogen-bond donors (Lipinski definition) is 0. The molecular weight excluding hydrogens is 408 g/mol. The number of carbonyl (C=O) groups excluding carboxylic acids is 2. The fourth-order valence-electron chi connectivity index (χ4n) is 3.73. The highest BCUT2D eigenvalue weighted by Crippen LogP contribution is 2.14. The van der Waals surface area contributed by atoms with Crippen molar-refractivity contribution in [2.24, 2.45) is 16.8 Å². The molecule has 0 spiro atoms. The standard InChI is InChI=1S/C24H30N4O4/c1-6-16(7-2)22(29)26-21-18(24(31)32-8-3)13-17-20(28(21)14-15(4)5)25-19-11-9-10-12-27(19)23(17)30/h9-13,15-16H,6-8,14H2,1-5H3. The maximum atomic E-state index is 13.3. The lowest BCUT2D eigenvalue weighted by atomic mass is 10.0. The molecule has 0 atom stereocenters. The van der Waals surface area contributed by atoms with Gasteiger partial charge in [-0.1, -0.05) is 33.8 Å². The first-order chi connectivity index (χ1) is 15.3. The van der Waals surface area contributed by atoms with E-state index in [9.17, 15) is 14.4 Å². The van der Waals surface area contributed by atoms with Crippen LogP contribution in [0.4, 0.5) is 0 Å². The molecule has 0 bridgehead atoms. The Hall–Kier alpha value is -3.29. The molecule has 3 rings (SSSR count). The zero-order valence-electron chi connectivity index (χ0n) is 19.3. The molecule has 0 N–H and O–H groups in total. The van der Waals surface area contributed by atoms with Gasteiger partial charge < -0.3 is 9.30 Å². The van der Waals surface area contributed by atoms with E-state index in [4.69, 9.17) is 9.72 Å².